The maximum Gasteiger partial charge on any atom is 0.326 e. The van der Waals surface area contributed by atoms with Gasteiger partial charge in [0.1, 0.15) is 11.9 Å². The Labute approximate surface area is 203 Å². The number of nitrogens with zero attached hydrogens (tertiary/aromatic N) is 1. The van der Waals surface area contributed by atoms with E-state index in [9.17, 15) is 19.1 Å². The van der Waals surface area contributed by atoms with Crippen LogP contribution in [0.15, 0.2) is 30.3 Å². The lowest BCUT2D eigenvalue weighted by Gasteiger charge is -2.35. The van der Waals surface area contributed by atoms with Crippen LogP contribution in [-0.4, -0.2) is 47.3 Å². The van der Waals surface area contributed by atoms with Crippen LogP contribution < -0.4 is 10.6 Å². The second kappa shape index (κ2) is 11.1. The fourth-order valence-electron chi connectivity index (χ4n) is 4.43. The lowest BCUT2D eigenvalue weighted by molar-refractivity contribution is -0.140. The third-order valence-corrected chi connectivity index (χ3v) is 6.80. The third kappa shape index (κ3) is 6.04. The highest BCUT2D eigenvalue weighted by Gasteiger charge is 2.30. The predicted molar refractivity (Wildman–Crippen MR) is 127 cm³/mol. The van der Waals surface area contributed by atoms with Crippen LogP contribution in [-0.2, 0) is 22.4 Å². The molecule has 7 nitrogen and oxygen atoms in total. The number of rotatable bonds is 10. The number of hydrogen-bond donors (Lipinski definition) is 3. The summed E-state index contributed by atoms with van der Waals surface area (Å²) in [6, 6.07) is 7.14. The average molecular weight is 490 g/mol. The minimum atomic E-state index is -1.20. The van der Waals surface area contributed by atoms with Crippen LogP contribution in [0.25, 0.3) is 0 Å². The quantitative estimate of drug-likeness (QED) is 0.461. The molecule has 2 aliphatic rings. The fourth-order valence-corrected chi connectivity index (χ4v) is 4.61. The lowest BCUT2D eigenvalue weighted by atomic mass is 9.79. The first-order valence-corrected chi connectivity index (χ1v) is 12.1. The van der Waals surface area contributed by atoms with Crippen molar-refractivity contribution >= 4 is 29.3 Å². The van der Waals surface area contributed by atoms with Crippen LogP contribution in [0.5, 0.6) is 0 Å². The van der Waals surface area contributed by atoms with Crippen molar-refractivity contribution in [1.29, 1.82) is 0 Å². The van der Waals surface area contributed by atoms with E-state index in [1.165, 1.54) is 23.8 Å². The number of fused-ring (bicyclic) bond motifs is 1. The average Bonchev–Trinajstić information content (AvgIpc) is 2.80. The third-order valence-electron chi connectivity index (χ3n) is 6.51. The van der Waals surface area contributed by atoms with E-state index in [0.29, 0.717) is 5.92 Å². The number of nitrogens with one attached hydrogen (secondary N) is 2. The highest BCUT2D eigenvalue weighted by Crippen LogP contribution is 2.34. The molecule has 1 saturated carbocycles. The summed E-state index contributed by atoms with van der Waals surface area (Å²) in [6.07, 6.45) is 6.26. The summed E-state index contributed by atoms with van der Waals surface area (Å²) in [5, 5.41) is 14.9. The largest absolute Gasteiger partial charge is 0.480 e. The maximum atomic E-state index is 14.0. The highest BCUT2D eigenvalue weighted by atomic mass is 35.5. The number of aliphatic carboxylic acids is 1. The van der Waals surface area contributed by atoms with Crippen molar-refractivity contribution in [3.05, 3.63) is 58.0 Å². The van der Waals surface area contributed by atoms with E-state index in [4.69, 9.17) is 21.3 Å². The Morgan fingerprint density at radius 1 is 1.29 bits per heavy atom. The molecule has 0 radical (unpaired) electrons. The Balaban J connectivity index is 1.16. The summed E-state index contributed by atoms with van der Waals surface area (Å²) in [5.41, 5.74) is 2.11. The van der Waals surface area contributed by atoms with Gasteiger partial charge in [0.25, 0.3) is 5.91 Å². The van der Waals surface area contributed by atoms with Crippen LogP contribution >= 0.6 is 11.6 Å². The van der Waals surface area contributed by atoms with E-state index in [-0.39, 0.29) is 29.7 Å². The lowest BCUT2D eigenvalue weighted by Crippen LogP contribution is -2.42. The van der Waals surface area contributed by atoms with Gasteiger partial charge in [-0.2, -0.15) is 0 Å². The number of pyridine rings is 1. The molecule has 4 rings (SSSR count). The van der Waals surface area contributed by atoms with E-state index in [1.54, 1.807) is 0 Å². The summed E-state index contributed by atoms with van der Waals surface area (Å²) >= 11 is 5.70. The van der Waals surface area contributed by atoms with E-state index < -0.39 is 23.7 Å². The normalized spacial score (nSPS) is 19.9. The van der Waals surface area contributed by atoms with Crippen molar-refractivity contribution in [3.63, 3.8) is 0 Å². The first kappa shape index (κ1) is 24.4. The molecule has 0 unspecified atom stereocenters. The number of carboxylic acids is 1. The van der Waals surface area contributed by atoms with Crippen molar-refractivity contribution < 1.29 is 23.8 Å². The number of carbonyl (C=O) groups is 2. The van der Waals surface area contributed by atoms with Gasteiger partial charge < -0.3 is 20.5 Å². The van der Waals surface area contributed by atoms with Gasteiger partial charge in [0, 0.05) is 25.3 Å². The number of anilines is 1. The molecular weight excluding hydrogens is 461 g/mol. The molecule has 1 aliphatic carbocycles. The van der Waals surface area contributed by atoms with E-state index >= 15 is 0 Å². The van der Waals surface area contributed by atoms with Gasteiger partial charge in [-0.05, 0) is 68.2 Å². The maximum absolute atomic E-state index is 14.0. The van der Waals surface area contributed by atoms with Gasteiger partial charge in [-0.15, -0.1) is 0 Å². The molecule has 0 bridgehead atoms. The molecule has 1 aromatic heterocycles. The predicted octanol–water partition coefficient (Wildman–Crippen LogP) is 4.23. The molecule has 0 spiro atoms. The zero-order valence-corrected chi connectivity index (χ0v) is 19.6. The van der Waals surface area contributed by atoms with Crippen molar-refractivity contribution in [2.24, 2.45) is 5.92 Å². The Morgan fingerprint density at radius 2 is 2.12 bits per heavy atom. The van der Waals surface area contributed by atoms with Gasteiger partial charge in [-0.25, -0.2) is 14.2 Å². The molecule has 34 heavy (non-hydrogen) atoms. The number of benzene rings is 1. The van der Waals surface area contributed by atoms with Gasteiger partial charge in [-0.3, -0.25) is 4.79 Å². The number of amides is 1. The van der Waals surface area contributed by atoms with Crippen molar-refractivity contribution in [2.45, 2.75) is 57.1 Å². The highest BCUT2D eigenvalue weighted by molar-refractivity contribution is 6.31. The van der Waals surface area contributed by atoms with Crippen molar-refractivity contribution in [2.75, 3.05) is 18.5 Å². The Bertz CT molecular complexity index is 1040. The van der Waals surface area contributed by atoms with Crippen LogP contribution in [0.4, 0.5) is 10.2 Å². The SMILES string of the molecule is O=C(N[C@@H](CCO[C@H]1C[C@H](CCc2ccc3c(n2)NCCC3)C1)C(=O)O)c1cccc(Cl)c1F. The molecule has 2 aromatic rings. The number of carbonyl (C=O) groups excluding carboxylic acids is 1. The molecule has 1 aromatic carbocycles. The minimum Gasteiger partial charge on any atom is -0.480 e. The van der Waals surface area contributed by atoms with E-state index in [2.05, 4.69) is 22.8 Å². The van der Waals surface area contributed by atoms with Gasteiger partial charge in [0.15, 0.2) is 5.82 Å². The standard InChI is InChI=1S/C25H29ClFN3O4/c26-20-5-1-4-19(22(20)27)24(31)30-21(25(32)33)10-12-34-18-13-15(14-18)6-8-17-9-7-16-3-2-11-28-23(16)29-17/h1,4-5,7,9,15,18,21H,2-3,6,8,10-14H2,(H,28,29)(H,30,31)(H,32,33)/t15-,18-,21-/m0/s1. The summed E-state index contributed by atoms with van der Waals surface area (Å²) in [4.78, 5) is 28.6. The Kier molecular flexibility index (Phi) is 8.00. The zero-order valence-electron chi connectivity index (χ0n) is 18.9. The van der Waals surface area contributed by atoms with Gasteiger partial charge >= 0.3 is 5.97 Å². The summed E-state index contributed by atoms with van der Waals surface area (Å²) in [7, 11) is 0. The Morgan fingerprint density at radius 3 is 2.91 bits per heavy atom. The molecule has 1 atom stereocenters. The topological polar surface area (TPSA) is 101 Å². The number of halogens is 2. The first-order valence-electron chi connectivity index (χ1n) is 11.7. The fraction of sp³-hybridized carbons (Fsp3) is 0.480. The smallest absolute Gasteiger partial charge is 0.326 e. The number of carboxylic acid groups (broad SMARTS) is 1. The number of hydrogen-bond acceptors (Lipinski definition) is 5. The molecule has 9 heteroatoms. The summed E-state index contributed by atoms with van der Waals surface area (Å²) in [6.45, 7) is 1.18. The molecule has 1 fully saturated rings. The van der Waals surface area contributed by atoms with Crippen LogP contribution in [0, 0.1) is 11.7 Å². The van der Waals surface area contributed by atoms with Crippen LogP contribution in [0.1, 0.15) is 53.7 Å². The zero-order chi connectivity index (χ0) is 24.1. The summed E-state index contributed by atoms with van der Waals surface area (Å²) < 4.78 is 19.8. The summed E-state index contributed by atoms with van der Waals surface area (Å²) in [5.74, 6) is -1.29. The number of aromatic nitrogens is 1. The molecule has 3 N–H and O–H groups in total. The Hall–Kier alpha value is -2.71. The van der Waals surface area contributed by atoms with Gasteiger partial charge in [0.2, 0.25) is 0 Å². The number of ether oxygens (including phenoxy) is 1. The monoisotopic (exact) mass is 489 g/mol. The van der Waals surface area contributed by atoms with Crippen LogP contribution in [0.2, 0.25) is 5.02 Å². The van der Waals surface area contributed by atoms with Gasteiger partial charge in [0.05, 0.1) is 16.7 Å². The van der Waals surface area contributed by atoms with E-state index in [0.717, 1.165) is 56.6 Å². The van der Waals surface area contributed by atoms with Gasteiger partial charge in [-0.1, -0.05) is 23.7 Å². The molecule has 182 valence electrons. The molecule has 1 aliphatic heterocycles. The minimum absolute atomic E-state index is 0.0937. The molecule has 2 heterocycles. The molecule has 1 amide bonds. The number of aryl methyl sites for hydroxylation is 2. The van der Waals surface area contributed by atoms with Crippen molar-refractivity contribution in [1.82, 2.24) is 10.3 Å². The first-order chi connectivity index (χ1) is 16.4. The molecule has 0 saturated heterocycles. The van der Waals surface area contributed by atoms with E-state index in [1.807, 2.05) is 0 Å². The second-order valence-corrected chi connectivity index (χ2v) is 9.37. The van der Waals surface area contributed by atoms with Crippen molar-refractivity contribution in [3.8, 4) is 0 Å². The molecular formula is C25H29ClFN3O4. The second-order valence-electron chi connectivity index (χ2n) is 8.96. The van der Waals surface area contributed by atoms with Crippen LogP contribution in [0.3, 0.4) is 0 Å².